The topological polar surface area (TPSA) is 100 Å². The van der Waals surface area contributed by atoms with Crippen molar-refractivity contribution < 1.29 is 19.4 Å². The number of carboxylic acid groups (broad SMARTS) is 1. The predicted molar refractivity (Wildman–Crippen MR) is 58.6 cm³/mol. The number of nitrogens with zero attached hydrogens (tertiary/aromatic N) is 2. The van der Waals surface area contributed by atoms with Gasteiger partial charge in [-0.15, -0.1) is 0 Å². The molecule has 1 heterocycles. The van der Waals surface area contributed by atoms with Gasteiger partial charge < -0.3 is 15.2 Å². The first-order valence-electron chi connectivity index (χ1n) is 5.18. The average Bonchev–Trinajstić information content (AvgIpc) is 2.99. The van der Waals surface area contributed by atoms with Crippen molar-refractivity contribution in [2.75, 3.05) is 6.61 Å². The van der Waals surface area contributed by atoms with Crippen molar-refractivity contribution in [1.82, 2.24) is 5.32 Å². The Morgan fingerprint density at radius 2 is 2.24 bits per heavy atom. The lowest BCUT2D eigenvalue weighted by molar-refractivity contribution is -0.139. The van der Waals surface area contributed by atoms with Crippen LogP contribution in [-0.2, 0) is 9.53 Å². The highest BCUT2D eigenvalue weighted by Gasteiger charge is 2.35. The van der Waals surface area contributed by atoms with Gasteiger partial charge in [-0.3, -0.25) is 0 Å². The number of hydrogen-bond acceptors (Lipinski definition) is 5. The third-order valence-corrected chi connectivity index (χ3v) is 2.27. The van der Waals surface area contributed by atoms with Gasteiger partial charge in [-0.25, -0.2) is 9.59 Å². The predicted octanol–water partition coefficient (Wildman–Crippen LogP) is 1.31. The lowest BCUT2D eigenvalue weighted by Gasteiger charge is -2.14. The molecule has 1 rings (SSSR count). The average molecular weight is 241 g/mol. The summed E-state index contributed by atoms with van der Waals surface area (Å²) in [5.41, 5.74) is -0.472. The van der Waals surface area contributed by atoms with Crippen molar-refractivity contribution in [2.45, 2.75) is 31.5 Å². The van der Waals surface area contributed by atoms with Crippen LogP contribution >= 0.6 is 0 Å². The van der Waals surface area contributed by atoms with Crippen molar-refractivity contribution in [3.63, 3.8) is 0 Å². The summed E-state index contributed by atoms with van der Waals surface area (Å²) in [5.74, 6) is -1.11. The largest absolute Gasteiger partial charge is 0.480 e. The summed E-state index contributed by atoms with van der Waals surface area (Å²) in [4.78, 5) is 22.1. The summed E-state index contributed by atoms with van der Waals surface area (Å²) in [5, 5.41) is 18.7. The van der Waals surface area contributed by atoms with E-state index in [4.69, 9.17) is 5.11 Å². The molecule has 1 aliphatic rings. The molecule has 0 unspecified atom stereocenters. The molecule has 0 fully saturated rings. The molecule has 1 amide bonds. The number of ether oxygens (including phenoxy) is 1. The Kier molecular flexibility index (Phi) is 4.19. The summed E-state index contributed by atoms with van der Waals surface area (Å²) in [6.07, 6.45) is 1.36. The highest BCUT2D eigenvalue weighted by molar-refractivity contribution is 5.79. The molecule has 0 aromatic heterocycles. The van der Waals surface area contributed by atoms with Gasteiger partial charge >= 0.3 is 12.1 Å². The Hall–Kier alpha value is -1.92. The molecular formula is C10H15N3O4. The van der Waals surface area contributed by atoms with E-state index in [1.165, 1.54) is 6.08 Å². The lowest BCUT2D eigenvalue weighted by atomic mass is 10.1. The van der Waals surface area contributed by atoms with E-state index in [2.05, 4.69) is 26.9 Å². The molecule has 0 aliphatic carbocycles. The zero-order valence-corrected chi connectivity index (χ0v) is 9.55. The SMILES string of the molecule is C=CCOC(=O)N[C@@H](CCC1(C)N=N1)C(=O)O. The summed E-state index contributed by atoms with van der Waals surface area (Å²) in [6.45, 7) is 5.21. The molecule has 7 nitrogen and oxygen atoms in total. The summed E-state index contributed by atoms with van der Waals surface area (Å²) < 4.78 is 4.64. The first-order valence-corrected chi connectivity index (χ1v) is 5.18. The smallest absolute Gasteiger partial charge is 0.408 e. The highest BCUT2D eigenvalue weighted by atomic mass is 16.5. The van der Waals surface area contributed by atoms with Crippen LogP contribution in [0.5, 0.6) is 0 Å². The van der Waals surface area contributed by atoms with Gasteiger partial charge in [-0.2, -0.15) is 10.2 Å². The molecule has 0 bridgehead atoms. The van der Waals surface area contributed by atoms with Crippen LogP contribution in [0, 0.1) is 0 Å². The van der Waals surface area contributed by atoms with E-state index >= 15 is 0 Å². The fourth-order valence-corrected chi connectivity index (χ4v) is 1.18. The Bertz CT molecular complexity index is 347. The van der Waals surface area contributed by atoms with Crippen molar-refractivity contribution in [3.8, 4) is 0 Å². The second-order valence-electron chi connectivity index (χ2n) is 3.88. The van der Waals surface area contributed by atoms with Gasteiger partial charge in [0.2, 0.25) is 0 Å². The van der Waals surface area contributed by atoms with E-state index in [9.17, 15) is 9.59 Å². The van der Waals surface area contributed by atoms with Crippen molar-refractivity contribution >= 4 is 12.1 Å². The zero-order chi connectivity index (χ0) is 12.9. The maximum atomic E-state index is 11.2. The minimum atomic E-state index is -1.11. The Morgan fingerprint density at radius 1 is 1.59 bits per heavy atom. The first kappa shape index (κ1) is 13.1. The number of carbonyl (C=O) groups is 2. The summed E-state index contributed by atoms with van der Waals surface area (Å²) in [6, 6.07) is -0.991. The van der Waals surface area contributed by atoms with Gasteiger partial charge in [0.05, 0.1) is 0 Å². The third kappa shape index (κ3) is 4.62. The minimum absolute atomic E-state index is 0.0422. The Balaban J connectivity index is 2.34. The molecule has 1 aliphatic heterocycles. The van der Waals surface area contributed by atoms with Gasteiger partial charge in [0, 0.05) is 0 Å². The van der Waals surface area contributed by atoms with Crippen LogP contribution in [0.4, 0.5) is 4.79 Å². The summed E-state index contributed by atoms with van der Waals surface area (Å²) in [7, 11) is 0. The van der Waals surface area contributed by atoms with Crippen LogP contribution in [0.1, 0.15) is 19.8 Å². The number of amides is 1. The second-order valence-corrected chi connectivity index (χ2v) is 3.88. The van der Waals surface area contributed by atoms with Crippen LogP contribution in [-0.4, -0.2) is 35.5 Å². The van der Waals surface area contributed by atoms with Crippen LogP contribution < -0.4 is 5.32 Å². The van der Waals surface area contributed by atoms with Crippen LogP contribution in [0.25, 0.3) is 0 Å². The van der Waals surface area contributed by atoms with Gasteiger partial charge in [-0.05, 0) is 19.8 Å². The van der Waals surface area contributed by atoms with Gasteiger partial charge in [0.1, 0.15) is 12.6 Å². The van der Waals surface area contributed by atoms with E-state index in [1.807, 2.05) is 0 Å². The van der Waals surface area contributed by atoms with Crippen LogP contribution in [0.2, 0.25) is 0 Å². The zero-order valence-electron chi connectivity index (χ0n) is 9.55. The molecule has 0 aromatic rings. The van der Waals surface area contributed by atoms with Crippen LogP contribution in [0.15, 0.2) is 22.9 Å². The van der Waals surface area contributed by atoms with Gasteiger partial charge in [0.15, 0.2) is 5.66 Å². The van der Waals surface area contributed by atoms with Crippen molar-refractivity contribution in [1.29, 1.82) is 0 Å². The lowest BCUT2D eigenvalue weighted by Crippen LogP contribution is -2.41. The molecule has 2 N–H and O–H groups in total. The second kappa shape index (κ2) is 5.42. The number of aliphatic carboxylic acids is 1. The standard InChI is InChI=1S/C10H15N3O4/c1-3-6-17-9(16)11-7(8(14)15)4-5-10(2)12-13-10/h3,7H,1,4-6H2,2H3,(H,11,16)(H,14,15)/t7-/m0/s1. The number of nitrogens with one attached hydrogen (secondary N) is 1. The normalized spacial score (nSPS) is 17.0. The summed E-state index contributed by atoms with van der Waals surface area (Å²) >= 11 is 0. The molecule has 17 heavy (non-hydrogen) atoms. The molecule has 1 atom stereocenters. The van der Waals surface area contributed by atoms with E-state index in [1.54, 1.807) is 6.92 Å². The molecule has 7 heteroatoms. The van der Waals surface area contributed by atoms with Gasteiger partial charge in [0.25, 0.3) is 0 Å². The van der Waals surface area contributed by atoms with Crippen molar-refractivity contribution in [2.24, 2.45) is 10.2 Å². The molecule has 0 aromatic carbocycles. The third-order valence-electron chi connectivity index (χ3n) is 2.27. The van der Waals surface area contributed by atoms with Gasteiger partial charge in [-0.1, -0.05) is 12.7 Å². The molecule has 0 radical (unpaired) electrons. The fraction of sp³-hybridized carbons (Fsp3) is 0.600. The van der Waals surface area contributed by atoms with E-state index < -0.39 is 23.8 Å². The number of carboxylic acids is 1. The molecule has 0 saturated carbocycles. The minimum Gasteiger partial charge on any atom is -0.480 e. The number of rotatable bonds is 7. The number of hydrogen-bond donors (Lipinski definition) is 2. The monoisotopic (exact) mass is 241 g/mol. The van der Waals surface area contributed by atoms with Crippen LogP contribution in [0.3, 0.4) is 0 Å². The number of alkyl carbamates (subject to hydrolysis) is 1. The molecule has 0 saturated heterocycles. The maximum Gasteiger partial charge on any atom is 0.408 e. The number of carbonyl (C=O) groups excluding carboxylic acids is 1. The highest BCUT2D eigenvalue weighted by Crippen LogP contribution is 2.32. The van der Waals surface area contributed by atoms with E-state index in [0.29, 0.717) is 6.42 Å². The Morgan fingerprint density at radius 3 is 2.71 bits per heavy atom. The van der Waals surface area contributed by atoms with E-state index in [0.717, 1.165) is 0 Å². The molecule has 0 spiro atoms. The quantitative estimate of drug-likeness (QED) is 0.656. The van der Waals surface area contributed by atoms with Crippen molar-refractivity contribution in [3.05, 3.63) is 12.7 Å². The molecular weight excluding hydrogens is 226 g/mol. The fourth-order valence-electron chi connectivity index (χ4n) is 1.18. The maximum absolute atomic E-state index is 11.2. The molecule has 94 valence electrons. The Labute approximate surface area is 98.6 Å². The van der Waals surface area contributed by atoms with E-state index in [-0.39, 0.29) is 13.0 Å². The first-order chi connectivity index (χ1) is 7.97.